The molecule has 4 heteroatoms. The number of aliphatic hydroxyl groups excluding tert-OH is 1. The molecule has 3 N–H and O–H groups in total. The van der Waals surface area contributed by atoms with Crippen molar-refractivity contribution in [3.05, 3.63) is 30.0 Å². The standard InChI is InChI=1S/C16H24N2O2/c1-11-8-17-13-6-5-7-14(15(11)13)20-10-12(19)9-18-16(2,3)4/h5-8,12,17-19H,9-10H2,1-4H3/t12-/m0/s1. The van der Waals surface area contributed by atoms with Crippen molar-refractivity contribution >= 4 is 10.9 Å². The number of H-pyrrole nitrogens is 1. The monoisotopic (exact) mass is 276 g/mol. The summed E-state index contributed by atoms with van der Waals surface area (Å²) in [6.07, 6.45) is 1.44. The van der Waals surface area contributed by atoms with E-state index in [9.17, 15) is 5.11 Å². The number of aromatic nitrogens is 1. The van der Waals surface area contributed by atoms with Crippen LogP contribution in [0, 0.1) is 6.92 Å². The third-order valence-corrected chi connectivity index (χ3v) is 3.16. The Hall–Kier alpha value is -1.52. The van der Waals surface area contributed by atoms with Gasteiger partial charge in [-0.1, -0.05) is 6.07 Å². The van der Waals surface area contributed by atoms with Gasteiger partial charge in [0.25, 0.3) is 0 Å². The lowest BCUT2D eigenvalue weighted by molar-refractivity contribution is 0.101. The molecule has 2 aromatic rings. The van der Waals surface area contributed by atoms with Crippen LogP contribution >= 0.6 is 0 Å². The molecule has 0 aliphatic carbocycles. The molecule has 1 aromatic carbocycles. The molecule has 2 rings (SSSR count). The number of hydrogen-bond donors (Lipinski definition) is 3. The van der Waals surface area contributed by atoms with Gasteiger partial charge in [0.05, 0.1) is 0 Å². The van der Waals surface area contributed by atoms with Crippen LogP contribution < -0.4 is 10.1 Å². The minimum Gasteiger partial charge on any atom is -0.490 e. The summed E-state index contributed by atoms with van der Waals surface area (Å²) in [6, 6.07) is 5.91. The summed E-state index contributed by atoms with van der Waals surface area (Å²) in [5.41, 5.74) is 2.21. The van der Waals surface area contributed by atoms with Crippen LogP contribution in [0.4, 0.5) is 0 Å². The number of benzene rings is 1. The molecule has 110 valence electrons. The van der Waals surface area contributed by atoms with Crippen molar-refractivity contribution in [1.29, 1.82) is 0 Å². The fraction of sp³-hybridized carbons (Fsp3) is 0.500. The van der Waals surface area contributed by atoms with Crippen molar-refractivity contribution in [3.8, 4) is 5.75 Å². The molecule has 0 bridgehead atoms. The predicted molar refractivity (Wildman–Crippen MR) is 82.3 cm³/mol. The fourth-order valence-electron chi connectivity index (χ4n) is 2.11. The molecule has 0 spiro atoms. The van der Waals surface area contributed by atoms with Crippen LogP contribution in [0.1, 0.15) is 26.3 Å². The van der Waals surface area contributed by atoms with Gasteiger partial charge < -0.3 is 20.1 Å². The number of rotatable bonds is 5. The van der Waals surface area contributed by atoms with Gasteiger partial charge >= 0.3 is 0 Å². The molecule has 1 aromatic heterocycles. The maximum Gasteiger partial charge on any atom is 0.129 e. The minimum absolute atomic E-state index is 0.00177. The van der Waals surface area contributed by atoms with Gasteiger partial charge in [0.15, 0.2) is 0 Å². The first kappa shape index (κ1) is 14.9. The van der Waals surface area contributed by atoms with Gasteiger partial charge in [0.2, 0.25) is 0 Å². The van der Waals surface area contributed by atoms with E-state index < -0.39 is 6.10 Å². The largest absolute Gasteiger partial charge is 0.490 e. The van der Waals surface area contributed by atoms with Gasteiger partial charge in [0.1, 0.15) is 18.5 Å². The van der Waals surface area contributed by atoms with Crippen LogP contribution in [-0.2, 0) is 0 Å². The smallest absolute Gasteiger partial charge is 0.129 e. The normalized spacial score (nSPS) is 13.7. The second-order valence-corrected chi connectivity index (χ2v) is 6.25. The Kier molecular flexibility index (Phi) is 4.35. The Bertz CT molecular complexity index is 569. The van der Waals surface area contributed by atoms with Crippen LogP contribution in [0.2, 0.25) is 0 Å². The number of hydrogen-bond acceptors (Lipinski definition) is 3. The van der Waals surface area contributed by atoms with Crippen LogP contribution in [0.5, 0.6) is 5.75 Å². The quantitative estimate of drug-likeness (QED) is 0.787. The molecule has 0 aliphatic rings. The molecule has 1 atom stereocenters. The van der Waals surface area contributed by atoms with E-state index in [1.165, 1.54) is 0 Å². The van der Waals surface area contributed by atoms with E-state index in [2.05, 4.69) is 31.1 Å². The third-order valence-electron chi connectivity index (χ3n) is 3.16. The summed E-state index contributed by atoms with van der Waals surface area (Å²) >= 11 is 0. The van der Waals surface area contributed by atoms with Gasteiger partial charge in [-0.2, -0.15) is 0 Å². The summed E-state index contributed by atoms with van der Waals surface area (Å²) in [5.74, 6) is 0.816. The Morgan fingerprint density at radius 2 is 2.10 bits per heavy atom. The lowest BCUT2D eigenvalue weighted by Gasteiger charge is -2.23. The molecular weight excluding hydrogens is 252 g/mol. The molecule has 1 heterocycles. The molecule has 0 unspecified atom stereocenters. The number of β-amino-alcohol motifs (C(OH)–C–C–N with tert-alkyl or cyclic N) is 1. The Labute approximate surface area is 120 Å². The SMILES string of the molecule is Cc1c[nH]c2cccc(OC[C@@H](O)CNC(C)(C)C)c12. The molecule has 20 heavy (non-hydrogen) atoms. The van der Waals surface area contributed by atoms with E-state index in [0.29, 0.717) is 6.54 Å². The Balaban J connectivity index is 1.97. The number of fused-ring (bicyclic) bond motifs is 1. The highest BCUT2D eigenvalue weighted by molar-refractivity contribution is 5.89. The van der Waals surface area contributed by atoms with Gasteiger partial charge in [-0.05, 0) is 45.4 Å². The topological polar surface area (TPSA) is 57.3 Å². The van der Waals surface area contributed by atoms with E-state index >= 15 is 0 Å². The first-order valence-corrected chi connectivity index (χ1v) is 6.99. The Morgan fingerprint density at radius 3 is 2.80 bits per heavy atom. The highest BCUT2D eigenvalue weighted by Crippen LogP contribution is 2.28. The van der Waals surface area contributed by atoms with Crippen LogP contribution in [0.15, 0.2) is 24.4 Å². The van der Waals surface area contributed by atoms with Crippen molar-refractivity contribution in [2.45, 2.75) is 39.3 Å². The summed E-state index contributed by atoms with van der Waals surface area (Å²) < 4.78 is 5.78. The van der Waals surface area contributed by atoms with Crippen molar-refractivity contribution < 1.29 is 9.84 Å². The second-order valence-electron chi connectivity index (χ2n) is 6.25. The highest BCUT2D eigenvalue weighted by Gasteiger charge is 2.13. The van der Waals surface area contributed by atoms with E-state index in [1.807, 2.05) is 31.3 Å². The summed E-state index contributed by atoms with van der Waals surface area (Å²) in [5, 5.41) is 14.3. The zero-order valence-corrected chi connectivity index (χ0v) is 12.7. The first-order chi connectivity index (χ1) is 9.37. The van der Waals surface area contributed by atoms with Crippen LogP contribution in [-0.4, -0.2) is 34.9 Å². The number of ether oxygens (including phenoxy) is 1. The molecular formula is C16H24N2O2. The lowest BCUT2D eigenvalue weighted by Crippen LogP contribution is -2.42. The van der Waals surface area contributed by atoms with Crippen molar-refractivity contribution in [1.82, 2.24) is 10.3 Å². The van der Waals surface area contributed by atoms with Crippen LogP contribution in [0.25, 0.3) is 10.9 Å². The zero-order chi connectivity index (χ0) is 14.8. The van der Waals surface area contributed by atoms with E-state index in [1.54, 1.807) is 0 Å². The average molecular weight is 276 g/mol. The molecule has 0 saturated heterocycles. The number of nitrogens with one attached hydrogen (secondary N) is 2. The van der Waals surface area contributed by atoms with E-state index in [-0.39, 0.29) is 12.1 Å². The lowest BCUT2D eigenvalue weighted by atomic mass is 10.1. The molecule has 0 saturated carbocycles. The van der Waals surface area contributed by atoms with Crippen molar-refractivity contribution in [2.24, 2.45) is 0 Å². The zero-order valence-electron chi connectivity index (χ0n) is 12.7. The fourth-order valence-corrected chi connectivity index (χ4v) is 2.11. The maximum atomic E-state index is 9.97. The summed E-state index contributed by atoms with van der Waals surface area (Å²) in [4.78, 5) is 3.21. The van der Waals surface area contributed by atoms with Gasteiger partial charge in [0, 0.05) is 29.2 Å². The highest BCUT2D eigenvalue weighted by atomic mass is 16.5. The van der Waals surface area contributed by atoms with Gasteiger partial charge in [-0.25, -0.2) is 0 Å². The summed E-state index contributed by atoms with van der Waals surface area (Å²) in [7, 11) is 0. The molecule has 0 fully saturated rings. The first-order valence-electron chi connectivity index (χ1n) is 6.99. The third kappa shape index (κ3) is 3.74. The van der Waals surface area contributed by atoms with E-state index in [4.69, 9.17) is 4.74 Å². The van der Waals surface area contributed by atoms with E-state index in [0.717, 1.165) is 22.2 Å². The maximum absolute atomic E-state index is 9.97. The second kappa shape index (κ2) is 5.85. The van der Waals surface area contributed by atoms with Crippen molar-refractivity contribution in [2.75, 3.05) is 13.2 Å². The summed E-state index contributed by atoms with van der Waals surface area (Å²) in [6.45, 7) is 9.07. The average Bonchev–Trinajstić information content (AvgIpc) is 2.76. The van der Waals surface area contributed by atoms with Crippen molar-refractivity contribution in [3.63, 3.8) is 0 Å². The number of aryl methyl sites for hydroxylation is 1. The van der Waals surface area contributed by atoms with Gasteiger partial charge in [-0.3, -0.25) is 0 Å². The van der Waals surface area contributed by atoms with Crippen LogP contribution in [0.3, 0.4) is 0 Å². The minimum atomic E-state index is -0.524. The number of aliphatic hydroxyl groups is 1. The predicted octanol–water partition coefficient (Wildman–Crippen LogP) is 2.60. The molecule has 0 aliphatic heterocycles. The Morgan fingerprint density at radius 1 is 1.35 bits per heavy atom. The molecule has 0 amide bonds. The molecule has 0 radical (unpaired) electrons. The van der Waals surface area contributed by atoms with Gasteiger partial charge in [-0.15, -0.1) is 0 Å². The number of aromatic amines is 1. The molecule has 4 nitrogen and oxygen atoms in total.